The number of rotatable bonds is 5. The third-order valence-electron chi connectivity index (χ3n) is 4.74. The smallest absolute Gasteiger partial charge is 0.258 e. The monoisotopic (exact) mass is 367 g/mol. The number of pyridine rings is 1. The van der Waals surface area contributed by atoms with Gasteiger partial charge in [-0.05, 0) is 50.5 Å². The van der Waals surface area contributed by atoms with Crippen LogP contribution in [0.2, 0.25) is 0 Å². The van der Waals surface area contributed by atoms with Crippen LogP contribution in [0.4, 0.5) is 0 Å². The fraction of sp³-hybridized carbons (Fsp3) is 0.381. The number of piperidine rings is 1. The number of benzene rings is 1. The molecule has 1 fully saturated rings. The van der Waals surface area contributed by atoms with Crippen molar-refractivity contribution in [3.63, 3.8) is 0 Å². The zero-order valence-corrected chi connectivity index (χ0v) is 15.8. The molecular formula is C21H25N3O3. The van der Waals surface area contributed by atoms with E-state index in [-0.39, 0.29) is 24.5 Å². The van der Waals surface area contributed by atoms with Gasteiger partial charge in [-0.1, -0.05) is 17.7 Å². The Hall–Kier alpha value is -2.89. The van der Waals surface area contributed by atoms with Crippen molar-refractivity contribution in [3.8, 4) is 5.75 Å². The van der Waals surface area contributed by atoms with Crippen molar-refractivity contribution in [1.82, 2.24) is 15.2 Å². The summed E-state index contributed by atoms with van der Waals surface area (Å²) in [6.45, 7) is 5.23. The van der Waals surface area contributed by atoms with Crippen molar-refractivity contribution in [2.24, 2.45) is 0 Å². The van der Waals surface area contributed by atoms with E-state index < -0.39 is 0 Å². The number of hydrogen-bond acceptors (Lipinski definition) is 4. The average Bonchev–Trinajstić information content (AvgIpc) is 2.68. The predicted molar refractivity (Wildman–Crippen MR) is 103 cm³/mol. The van der Waals surface area contributed by atoms with Gasteiger partial charge in [0.05, 0.1) is 5.56 Å². The maximum atomic E-state index is 12.4. The van der Waals surface area contributed by atoms with Gasteiger partial charge in [0.15, 0.2) is 6.61 Å². The summed E-state index contributed by atoms with van der Waals surface area (Å²) in [5.74, 6) is 0.589. The van der Waals surface area contributed by atoms with Gasteiger partial charge in [-0.15, -0.1) is 0 Å². The van der Waals surface area contributed by atoms with Crippen LogP contribution >= 0.6 is 0 Å². The second-order valence-electron chi connectivity index (χ2n) is 6.93. The lowest BCUT2D eigenvalue weighted by atomic mass is 10.0. The van der Waals surface area contributed by atoms with Gasteiger partial charge in [-0.3, -0.25) is 14.6 Å². The van der Waals surface area contributed by atoms with Gasteiger partial charge >= 0.3 is 0 Å². The molecule has 0 unspecified atom stereocenters. The summed E-state index contributed by atoms with van der Waals surface area (Å²) in [6.07, 6.45) is 4.71. The molecule has 2 amide bonds. The lowest BCUT2D eigenvalue weighted by Gasteiger charge is -2.32. The summed E-state index contributed by atoms with van der Waals surface area (Å²) >= 11 is 0. The van der Waals surface area contributed by atoms with E-state index >= 15 is 0 Å². The second kappa shape index (κ2) is 8.66. The van der Waals surface area contributed by atoms with Crippen molar-refractivity contribution in [2.45, 2.75) is 32.7 Å². The van der Waals surface area contributed by atoms with Crippen LogP contribution in [-0.4, -0.2) is 47.4 Å². The molecule has 6 nitrogen and oxygen atoms in total. The summed E-state index contributed by atoms with van der Waals surface area (Å²) in [4.78, 5) is 30.4. The van der Waals surface area contributed by atoms with Crippen LogP contribution in [0.1, 0.15) is 34.3 Å². The molecule has 2 heterocycles. The second-order valence-corrected chi connectivity index (χ2v) is 6.93. The van der Waals surface area contributed by atoms with Crippen LogP contribution < -0.4 is 10.1 Å². The van der Waals surface area contributed by atoms with Gasteiger partial charge < -0.3 is 15.0 Å². The molecule has 3 rings (SSSR count). The van der Waals surface area contributed by atoms with Crippen molar-refractivity contribution in [1.29, 1.82) is 0 Å². The first-order valence-electron chi connectivity index (χ1n) is 9.21. The highest BCUT2D eigenvalue weighted by Crippen LogP contribution is 2.18. The number of aromatic nitrogens is 1. The summed E-state index contributed by atoms with van der Waals surface area (Å²) in [5.41, 5.74) is 2.78. The Morgan fingerprint density at radius 1 is 1.22 bits per heavy atom. The Morgan fingerprint density at radius 3 is 2.67 bits per heavy atom. The minimum atomic E-state index is -0.132. The van der Waals surface area contributed by atoms with Gasteiger partial charge in [0.25, 0.3) is 11.8 Å². The molecule has 0 bridgehead atoms. The molecule has 6 heteroatoms. The van der Waals surface area contributed by atoms with E-state index in [1.54, 1.807) is 24.5 Å². The zero-order chi connectivity index (χ0) is 19.2. The van der Waals surface area contributed by atoms with Gasteiger partial charge in [0, 0.05) is 31.5 Å². The number of carbonyl (C=O) groups is 2. The Bertz CT molecular complexity index is 800. The quantitative estimate of drug-likeness (QED) is 0.881. The van der Waals surface area contributed by atoms with Crippen LogP contribution in [0.5, 0.6) is 5.75 Å². The molecule has 1 aliphatic heterocycles. The number of nitrogens with one attached hydrogen (secondary N) is 1. The average molecular weight is 367 g/mol. The largest absolute Gasteiger partial charge is 0.484 e. The summed E-state index contributed by atoms with van der Waals surface area (Å²) < 4.78 is 5.63. The Balaban J connectivity index is 1.43. The first kappa shape index (κ1) is 18.9. The van der Waals surface area contributed by atoms with Crippen LogP contribution in [0.25, 0.3) is 0 Å². The van der Waals surface area contributed by atoms with E-state index in [4.69, 9.17) is 4.74 Å². The fourth-order valence-electron chi connectivity index (χ4n) is 3.27. The topological polar surface area (TPSA) is 71.5 Å². The first-order chi connectivity index (χ1) is 13.0. The first-order valence-corrected chi connectivity index (χ1v) is 9.21. The molecule has 142 valence electrons. The fourth-order valence-corrected chi connectivity index (χ4v) is 3.27. The van der Waals surface area contributed by atoms with E-state index in [0.29, 0.717) is 18.7 Å². The van der Waals surface area contributed by atoms with Gasteiger partial charge in [-0.2, -0.15) is 0 Å². The molecule has 0 aliphatic carbocycles. The van der Waals surface area contributed by atoms with Crippen LogP contribution in [0.15, 0.2) is 42.7 Å². The molecule has 27 heavy (non-hydrogen) atoms. The highest BCUT2D eigenvalue weighted by atomic mass is 16.5. The highest BCUT2D eigenvalue weighted by molar-refractivity contribution is 5.93. The molecule has 0 saturated carbocycles. The van der Waals surface area contributed by atoms with Crippen LogP contribution in [0.3, 0.4) is 0 Å². The predicted octanol–water partition coefficient (Wildman–Crippen LogP) is 2.50. The standard InChI is InChI=1S/C21H25N3O3/c1-15-5-6-19(16(2)12-15)27-14-20(25)23-18-7-10-24(11-8-18)21(26)17-4-3-9-22-13-17/h3-6,9,12-13,18H,7-8,10-11,14H2,1-2H3,(H,23,25). The molecule has 1 aromatic carbocycles. The molecule has 2 aromatic rings. The minimum absolute atomic E-state index is 0.00126. The molecule has 1 aliphatic rings. The van der Waals surface area contributed by atoms with Gasteiger partial charge in [-0.25, -0.2) is 0 Å². The van der Waals surface area contributed by atoms with Gasteiger partial charge in [0.1, 0.15) is 5.75 Å². The van der Waals surface area contributed by atoms with E-state index in [1.165, 1.54) is 0 Å². The molecule has 1 aromatic heterocycles. The van der Waals surface area contributed by atoms with Crippen molar-refractivity contribution in [2.75, 3.05) is 19.7 Å². The van der Waals surface area contributed by atoms with Crippen molar-refractivity contribution < 1.29 is 14.3 Å². The molecule has 1 saturated heterocycles. The van der Waals surface area contributed by atoms with Crippen LogP contribution in [-0.2, 0) is 4.79 Å². The number of aryl methyl sites for hydroxylation is 2. The summed E-state index contributed by atoms with van der Waals surface area (Å²) in [7, 11) is 0. The lowest BCUT2D eigenvalue weighted by molar-refractivity contribution is -0.124. The summed E-state index contributed by atoms with van der Waals surface area (Å²) in [5, 5.41) is 3.00. The van der Waals surface area contributed by atoms with E-state index in [9.17, 15) is 9.59 Å². The van der Waals surface area contributed by atoms with Gasteiger partial charge in [0.2, 0.25) is 0 Å². The Morgan fingerprint density at radius 2 is 2.00 bits per heavy atom. The maximum Gasteiger partial charge on any atom is 0.258 e. The molecule has 0 radical (unpaired) electrons. The third-order valence-corrected chi connectivity index (χ3v) is 4.74. The number of carbonyl (C=O) groups excluding carboxylic acids is 2. The molecular weight excluding hydrogens is 342 g/mol. The minimum Gasteiger partial charge on any atom is -0.484 e. The highest BCUT2D eigenvalue weighted by Gasteiger charge is 2.24. The Labute approximate surface area is 159 Å². The summed E-state index contributed by atoms with van der Waals surface area (Å²) in [6, 6.07) is 9.49. The number of nitrogens with zero attached hydrogens (tertiary/aromatic N) is 2. The SMILES string of the molecule is Cc1ccc(OCC(=O)NC2CCN(C(=O)c3cccnc3)CC2)c(C)c1. The van der Waals surface area contributed by atoms with E-state index in [1.807, 2.05) is 36.9 Å². The normalized spacial score (nSPS) is 14.7. The molecule has 1 N–H and O–H groups in total. The number of hydrogen-bond donors (Lipinski definition) is 1. The molecule has 0 spiro atoms. The number of amides is 2. The number of likely N-dealkylation sites (tertiary alicyclic amines) is 1. The van der Waals surface area contributed by atoms with Crippen molar-refractivity contribution >= 4 is 11.8 Å². The molecule has 0 atom stereocenters. The Kier molecular flexibility index (Phi) is 6.06. The zero-order valence-electron chi connectivity index (χ0n) is 15.8. The third kappa shape index (κ3) is 5.06. The van der Waals surface area contributed by atoms with E-state index in [2.05, 4.69) is 10.3 Å². The van der Waals surface area contributed by atoms with Crippen molar-refractivity contribution in [3.05, 3.63) is 59.4 Å². The maximum absolute atomic E-state index is 12.4. The van der Waals surface area contributed by atoms with Crippen LogP contribution in [0, 0.1) is 13.8 Å². The lowest BCUT2D eigenvalue weighted by Crippen LogP contribution is -2.47. The number of ether oxygens (including phenoxy) is 1. The van der Waals surface area contributed by atoms with E-state index in [0.717, 1.165) is 29.7 Å².